The second-order valence-corrected chi connectivity index (χ2v) is 10.2. The second-order valence-electron chi connectivity index (χ2n) is 9.79. The van der Waals surface area contributed by atoms with E-state index in [1.807, 2.05) is 30.3 Å². The Bertz CT molecular complexity index is 1120. The lowest BCUT2D eigenvalue weighted by Crippen LogP contribution is -2.62. The number of halogens is 1. The molecular formula is C27H32ClN5O3. The van der Waals surface area contributed by atoms with Crippen molar-refractivity contribution >= 4 is 29.3 Å². The van der Waals surface area contributed by atoms with Crippen LogP contribution in [-0.2, 0) is 9.53 Å². The summed E-state index contributed by atoms with van der Waals surface area (Å²) >= 11 is 6.13. The third kappa shape index (κ3) is 5.04. The zero-order valence-electron chi connectivity index (χ0n) is 20.9. The van der Waals surface area contributed by atoms with Crippen LogP contribution in [0.3, 0.4) is 0 Å². The molecule has 8 nitrogen and oxygen atoms in total. The molecule has 36 heavy (non-hydrogen) atoms. The quantitative estimate of drug-likeness (QED) is 0.628. The molecule has 1 aromatic carbocycles. The Morgan fingerprint density at radius 3 is 2.50 bits per heavy atom. The molecular weight excluding hydrogens is 478 g/mol. The van der Waals surface area contributed by atoms with Gasteiger partial charge in [0.25, 0.3) is 0 Å². The van der Waals surface area contributed by atoms with Crippen molar-refractivity contribution in [3.05, 3.63) is 58.7 Å². The van der Waals surface area contributed by atoms with Crippen LogP contribution in [-0.4, -0.2) is 66.6 Å². The van der Waals surface area contributed by atoms with Gasteiger partial charge in [-0.15, -0.1) is 0 Å². The van der Waals surface area contributed by atoms with Crippen molar-refractivity contribution in [2.24, 2.45) is 5.92 Å². The average molecular weight is 510 g/mol. The number of ketones is 1. The maximum atomic E-state index is 14.3. The molecule has 0 bridgehead atoms. The molecule has 1 amide bonds. The first kappa shape index (κ1) is 25.9. The van der Waals surface area contributed by atoms with Crippen LogP contribution >= 0.6 is 11.6 Å². The van der Waals surface area contributed by atoms with Gasteiger partial charge in [0.2, 0.25) is 0 Å². The van der Waals surface area contributed by atoms with Crippen molar-refractivity contribution in [3.8, 4) is 6.07 Å². The maximum Gasteiger partial charge on any atom is 0.410 e. The summed E-state index contributed by atoms with van der Waals surface area (Å²) in [6.07, 6.45) is 2.09. The van der Waals surface area contributed by atoms with E-state index in [0.29, 0.717) is 49.6 Å². The van der Waals surface area contributed by atoms with Crippen molar-refractivity contribution in [3.63, 3.8) is 0 Å². The van der Waals surface area contributed by atoms with Gasteiger partial charge in [-0.25, -0.2) is 9.78 Å². The number of carbonyl (C=O) groups excluding carboxylic acids is 2. The summed E-state index contributed by atoms with van der Waals surface area (Å²) in [6, 6.07) is 13.2. The lowest BCUT2D eigenvalue weighted by molar-refractivity contribution is -0.134. The number of aromatic nitrogens is 1. The molecule has 2 fully saturated rings. The van der Waals surface area contributed by atoms with Crippen LogP contribution in [0.1, 0.15) is 43.7 Å². The molecule has 2 atom stereocenters. The zero-order valence-corrected chi connectivity index (χ0v) is 21.7. The third-order valence-electron chi connectivity index (χ3n) is 7.29. The fourth-order valence-corrected chi connectivity index (χ4v) is 5.50. The molecule has 0 aliphatic carbocycles. The van der Waals surface area contributed by atoms with Gasteiger partial charge in [-0.3, -0.25) is 9.69 Å². The third-order valence-corrected chi connectivity index (χ3v) is 7.55. The Hall–Kier alpha value is -3.15. The number of pyridine rings is 1. The van der Waals surface area contributed by atoms with E-state index in [1.165, 1.54) is 4.90 Å². The minimum atomic E-state index is -1.07. The van der Waals surface area contributed by atoms with Gasteiger partial charge >= 0.3 is 6.09 Å². The number of piperidine rings is 1. The molecule has 2 aromatic rings. The van der Waals surface area contributed by atoms with Gasteiger partial charge < -0.3 is 15.0 Å². The number of nitriles is 1. The highest BCUT2D eigenvalue weighted by Gasteiger charge is 2.56. The summed E-state index contributed by atoms with van der Waals surface area (Å²) < 4.78 is 5.53. The van der Waals surface area contributed by atoms with Crippen LogP contribution < -0.4 is 10.2 Å². The predicted molar refractivity (Wildman–Crippen MR) is 138 cm³/mol. The van der Waals surface area contributed by atoms with Gasteiger partial charge in [0.1, 0.15) is 17.4 Å². The van der Waals surface area contributed by atoms with Crippen molar-refractivity contribution in [2.75, 3.05) is 38.1 Å². The Kier molecular flexibility index (Phi) is 7.82. The minimum absolute atomic E-state index is 0.0584. The van der Waals surface area contributed by atoms with E-state index in [-0.39, 0.29) is 23.7 Å². The number of carbonyl (C=O) groups is 2. The number of nitrogens with zero attached hydrogens (tertiary/aromatic N) is 4. The number of rotatable bonds is 6. The number of amides is 1. The van der Waals surface area contributed by atoms with Crippen LogP contribution in [0.5, 0.6) is 0 Å². The first-order valence-electron chi connectivity index (χ1n) is 12.3. The first-order valence-corrected chi connectivity index (χ1v) is 12.7. The van der Waals surface area contributed by atoms with E-state index in [0.717, 1.165) is 11.4 Å². The number of benzene rings is 1. The van der Waals surface area contributed by atoms with Gasteiger partial charge in [-0.05, 0) is 56.5 Å². The van der Waals surface area contributed by atoms with Crippen molar-refractivity contribution in [2.45, 2.75) is 44.2 Å². The monoisotopic (exact) mass is 509 g/mol. The summed E-state index contributed by atoms with van der Waals surface area (Å²) in [7, 11) is 1.67. The number of likely N-dealkylation sites (N-methyl/N-ethyl adjacent to an activating group) is 1. The largest absolute Gasteiger partial charge is 0.447 e. The van der Waals surface area contributed by atoms with Crippen molar-refractivity contribution in [1.29, 1.82) is 5.26 Å². The smallest absolute Gasteiger partial charge is 0.410 e. The summed E-state index contributed by atoms with van der Waals surface area (Å²) in [5.41, 5.74) is 0.407. The molecule has 0 radical (unpaired) electrons. The molecule has 4 rings (SSSR count). The fourth-order valence-electron chi connectivity index (χ4n) is 5.37. The predicted octanol–water partition coefficient (Wildman–Crippen LogP) is 3.99. The summed E-state index contributed by atoms with van der Waals surface area (Å²) in [4.78, 5) is 35.5. The van der Waals surface area contributed by atoms with E-state index in [1.54, 1.807) is 33.2 Å². The molecule has 0 unspecified atom stereocenters. The van der Waals surface area contributed by atoms with Crippen LogP contribution in [0.2, 0.25) is 5.02 Å². The zero-order chi connectivity index (χ0) is 25.9. The second kappa shape index (κ2) is 10.9. The van der Waals surface area contributed by atoms with Gasteiger partial charge in [0.05, 0.1) is 11.7 Å². The molecule has 2 saturated heterocycles. The highest BCUT2D eigenvalue weighted by atomic mass is 35.5. The van der Waals surface area contributed by atoms with Crippen molar-refractivity contribution < 1.29 is 14.3 Å². The first-order chi connectivity index (χ1) is 17.3. The lowest BCUT2D eigenvalue weighted by atomic mass is 9.72. The summed E-state index contributed by atoms with van der Waals surface area (Å²) in [5.74, 6) is 0.422. The topological polar surface area (TPSA) is 98.6 Å². The molecule has 9 heteroatoms. The summed E-state index contributed by atoms with van der Waals surface area (Å²) in [6.45, 7) is 5.88. The van der Waals surface area contributed by atoms with Gasteiger partial charge in [-0.2, -0.15) is 5.26 Å². The maximum absolute atomic E-state index is 14.3. The van der Waals surface area contributed by atoms with Crippen LogP contribution in [0, 0.1) is 17.2 Å². The average Bonchev–Trinajstić information content (AvgIpc) is 3.34. The van der Waals surface area contributed by atoms with Crippen molar-refractivity contribution in [1.82, 2.24) is 15.2 Å². The molecule has 2 aliphatic rings. The Labute approximate surface area is 217 Å². The Morgan fingerprint density at radius 1 is 1.22 bits per heavy atom. The lowest BCUT2D eigenvalue weighted by Gasteiger charge is -2.44. The molecule has 0 spiro atoms. The van der Waals surface area contributed by atoms with E-state index >= 15 is 0 Å². The number of nitrogens with one attached hydrogen (secondary N) is 1. The highest BCUT2D eigenvalue weighted by molar-refractivity contribution is 6.30. The van der Waals surface area contributed by atoms with Crippen LogP contribution in [0.15, 0.2) is 42.6 Å². The molecule has 3 heterocycles. The van der Waals surface area contributed by atoms with E-state index < -0.39 is 11.6 Å². The van der Waals surface area contributed by atoms with E-state index in [9.17, 15) is 9.59 Å². The van der Waals surface area contributed by atoms with Crippen LogP contribution in [0.25, 0.3) is 0 Å². The molecule has 1 aromatic heterocycles. The normalized spacial score (nSPS) is 22.3. The summed E-state index contributed by atoms with van der Waals surface area (Å²) in [5, 5.41) is 13.0. The van der Waals surface area contributed by atoms with E-state index in [4.69, 9.17) is 21.6 Å². The Balaban J connectivity index is 1.59. The Morgan fingerprint density at radius 2 is 1.92 bits per heavy atom. The number of hydrogen-bond acceptors (Lipinski definition) is 7. The molecule has 2 aliphatic heterocycles. The molecule has 190 valence electrons. The minimum Gasteiger partial charge on any atom is -0.447 e. The number of anilines is 1. The number of hydrogen-bond donors (Lipinski definition) is 1. The molecule has 0 saturated carbocycles. The standard InChI is InChI=1S/C27H32ClN5O3/c1-18(2)36-26(35)32(3)27(17-30-16-23(27)20-5-7-22(28)8-6-20)25(34)21-10-12-33(13-11-21)24-9-4-19(14-29)15-31-24/h4-9,15,18,21,23,30H,10-13,16-17H2,1-3H3/t23-,27+/m0/s1. The highest BCUT2D eigenvalue weighted by Crippen LogP contribution is 2.41. The van der Waals surface area contributed by atoms with Crippen LogP contribution in [0.4, 0.5) is 10.6 Å². The van der Waals surface area contributed by atoms with Gasteiger partial charge in [0.15, 0.2) is 5.78 Å². The number of ether oxygens (including phenoxy) is 1. The van der Waals surface area contributed by atoms with E-state index in [2.05, 4.69) is 21.3 Å². The van der Waals surface area contributed by atoms with Gasteiger partial charge in [0, 0.05) is 56.3 Å². The molecule has 1 N–H and O–H groups in total. The van der Waals surface area contributed by atoms with Gasteiger partial charge in [-0.1, -0.05) is 23.7 Å². The number of Topliss-reactive ketones (excluding diaryl/α,β-unsaturated/α-hetero) is 1. The SMILES string of the molecule is CC(C)OC(=O)N(C)[C@]1(C(=O)C2CCN(c3ccc(C#N)cn3)CC2)CNC[C@H]1c1ccc(Cl)cc1. The fraction of sp³-hybridized carbons (Fsp3) is 0.481.